The Morgan fingerprint density at radius 2 is 1.89 bits per heavy atom. The summed E-state index contributed by atoms with van der Waals surface area (Å²) in [6.45, 7) is 1.78. The fraction of sp³-hybridized carbons (Fsp3) is 0.600. The number of hydrogen-bond acceptors (Lipinski definition) is 2. The van der Waals surface area contributed by atoms with Crippen molar-refractivity contribution in [3.8, 4) is 5.75 Å². The monoisotopic (exact) mass is 312 g/mol. The molecule has 0 spiro atoms. The first kappa shape index (κ1) is 13.9. The van der Waals surface area contributed by atoms with Crippen molar-refractivity contribution in [3.05, 3.63) is 28.2 Å². The van der Waals surface area contributed by atoms with E-state index in [0.717, 1.165) is 28.6 Å². The summed E-state index contributed by atoms with van der Waals surface area (Å²) >= 11 is 3.44. The highest BCUT2D eigenvalue weighted by Crippen LogP contribution is 2.31. The Morgan fingerprint density at radius 1 is 1.22 bits per heavy atom. The highest BCUT2D eigenvalue weighted by atomic mass is 79.9. The van der Waals surface area contributed by atoms with Crippen molar-refractivity contribution in [3.63, 3.8) is 0 Å². The lowest BCUT2D eigenvalue weighted by atomic mass is 10.1. The zero-order valence-electron chi connectivity index (χ0n) is 10.9. The molecule has 0 aliphatic heterocycles. The number of ether oxygens (including phenoxy) is 1. The van der Waals surface area contributed by atoms with Crippen LogP contribution in [0.25, 0.3) is 0 Å². The minimum atomic E-state index is -0.497. The maximum atomic E-state index is 9.81. The second-order valence-corrected chi connectivity index (χ2v) is 6.01. The van der Waals surface area contributed by atoms with Crippen LogP contribution in [0.1, 0.15) is 57.1 Å². The zero-order chi connectivity index (χ0) is 13.0. The summed E-state index contributed by atoms with van der Waals surface area (Å²) < 4.78 is 7.08. The maximum absolute atomic E-state index is 9.81. The van der Waals surface area contributed by atoms with E-state index in [1.807, 2.05) is 18.2 Å². The summed E-state index contributed by atoms with van der Waals surface area (Å²) in [5.74, 6) is 0.833. The van der Waals surface area contributed by atoms with E-state index in [1.54, 1.807) is 6.92 Å². The van der Waals surface area contributed by atoms with Gasteiger partial charge in [-0.3, -0.25) is 0 Å². The topological polar surface area (TPSA) is 29.5 Å². The van der Waals surface area contributed by atoms with Gasteiger partial charge in [-0.2, -0.15) is 0 Å². The molecule has 1 aliphatic carbocycles. The summed E-state index contributed by atoms with van der Waals surface area (Å²) in [6, 6.07) is 5.87. The van der Waals surface area contributed by atoms with Gasteiger partial charge in [0.05, 0.1) is 12.2 Å². The minimum absolute atomic E-state index is 0.311. The van der Waals surface area contributed by atoms with E-state index in [2.05, 4.69) is 15.9 Å². The second-order valence-electron chi connectivity index (χ2n) is 5.09. The van der Waals surface area contributed by atoms with Gasteiger partial charge in [-0.15, -0.1) is 0 Å². The van der Waals surface area contributed by atoms with Crippen LogP contribution in [-0.4, -0.2) is 11.2 Å². The van der Waals surface area contributed by atoms with Gasteiger partial charge >= 0.3 is 0 Å². The van der Waals surface area contributed by atoms with Crippen LogP contribution in [-0.2, 0) is 0 Å². The van der Waals surface area contributed by atoms with Crippen LogP contribution in [0.5, 0.6) is 5.75 Å². The van der Waals surface area contributed by atoms with E-state index < -0.39 is 6.10 Å². The average Bonchev–Trinajstić information content (AvgIpc) is 2.60. The van der Waals surface area contributed by atoms with Gasteiger partial charge in [0.25, 0.3) is 0 Å². The highest BCUT2D eigenvalue weighted by molar-refractivity contribution is 9.10. The third-order valence-corrected chi connectivity index (χ3v) is 4.01. The molecule has 0 saturated heterocycles. The van der Waals surface area contributed by atoms with Gasteiger partial charge in [0.2, 0.25) is 0 Å². The van der Waals surface area contributed by atoms with Crippen LogP contribution in [0.2, 0.25) is 0 Å². The predicted molar refractivity (Wildman–Crippen MR) is 76.9 cm³/mol. The van der Waals surface area contributed by atoms with Gasteiger partial charge < -0.3 is 9.84 Å². The van der Waals surface area contributed by atoms with Gasteiger partial charge in [-0.05, 0) is 50.8 Å². The fourth-order valence-corrected chi connectivity index (χ4v) is 2.87. The van der Waals surface area contributed by atoms with Gasteiger partial charge in [0.1, 0.15) is 5.75 Å². The standard InChI is InChI=1S/C15H21BrO2/c1-11(17)14-10-12(16)8-9-15(14)18-13-6-4-2-3-5-7-13/h8-11,13,17H,2-7H2,1H3/t11-/m1/s1. The zero-order valence-corrected chi connectivity index (χ0v) is 12.4. The first-order valence-corrected chi connectivity index (χ1v) is 7.60. The van der Waals surface area contributed by atoms with Crippen LogP contribution in [0, 0.1) is 0 Å². The molecule has 1 aliphatic rings. The van der Waals surface area contributed by atoms with Crippen molar-refractivity contribution < 1.29 is 9.84 Å². The summed E-state index contributed by atoms with van der Waals surface area (Å²) in [4.78, 5) is 0. The van der Waals surface area contributed by atoms with Crippen molar-refractivity contribution in [2.24, 2.45) is 0 Å². The van der Waals surface area contributed by atoms with E-state index in [0.29, 0.717) is 6.10 Å². The number of halogens is 1. The largest absolute Gasteiger partial charge is 0.490 e. The maximum Gasteiger partial charge on any atom is 0.125 e. The molecule has 1 aromatic carbocycles. The first-order valence-electron chi connectivity index (χ1n) is 6.81. The van der Waals surface area contributed by atoms with E-state index in [-0.39, 0.29) is 0 Å². The molecular weight excluding hydrogens is 292 g/mol. The molecule has 1 atom stereocenters. The quantitative estimate of drug-likeness (QED) is 0.826. The van der Waals surface area contributed by atoms with Gasteiger partial charge in [-0.1, -0.05) is 28.8 Å². The number of aliphatic hydroxyl groups is 1. The molecular formula is C15H21BrO2. The van der Waals surface area contributed by atoms with E-state index >= 15 is 0 Å². The summed E-state index contributed by atoms with van der Waals surface area (Å²) in [6.07, 6.45) is 7.24. The Hall–Kier alpha value is -0.540. The Balaban J connectivity index is 2.12. The van der Waals surface area contributed by atoms with Gasteiger partial charge in [0.15, 0.2) is 0 Å². The summed E-state index contributed by atoms with van der Waals surface area (Å²) in [5, 5.41) is 9.81. The lowest BCUT2D eigenvalue weighted by Crippen LogP contribution is -2.16. The molecule has 2 rings (SSSR count). The molecule has 0 amide bonds. The third kappa shape index (κ3) is 3.72. The molecule has 0 bridgehead atoms. The van der Waals surface area contributed by atoms with Crippen molar-refractivity contribution >= 4 is 15.9 Å². The van der Waals surface area contributed by atoms with E-state index in [1.165, 1.54) is 25.7 Å². The number of aliphatic hydroxyl groups excluding tert-OH is 1. The van der Waals surface area contributed by atoms with Crippen LogP contribution < -0.4 is 4.74 Å². The van der Waals surface area contributed by atoms with Crippen molar-refractivity contribution in [1.29, 1.82) is 0 Å². The lowest BCUT2D eigenvalue weighted by molar-refractivity contribution is 0.161. The molecule has 0 unspecified atom stereocenters. The molecule has 0 heterocycles. The molecule has 1 saturated carbocycles. The molecule has 1 N–H and O–H groups in total. The molecule has 18 heavy (non-hydrogen) atoms. The van der Waals surface area contributed by atoms with E-state index in [4.69, 9.17) is 4.74 Å². The summed E-state index contributed by atoms with van der Waals surface area (Å²) in [5.41, 5.74) is 0.869. The number of hydrogen-bond donors (Lipinski definition) is 1. The molecule has 1 fully saturated rings. The SMILES string of the molecule is C[C@@H](O)c1cc(Br)ccc1OC1CCCCCC1. The molecule has 2 nitrogen and oxygen atoms in total. The van der Waals surface area contributed by atoms with Gasteiger partial charge in [-0.25, -0.2) is 0 Å². The number of rotatable bonds is 3. The third-order valence-electron chi connectivity index (χ3n) is 3.52. The fourth-order valence-electron chi connectivity index (χ4n) is 2.49. The van der Waals surface area contributed by atoms with Crippen LogP contribution in [0.4, 0.5) is 0 Å². The Kier molecular flexibility index (Phi) is 5.07. The lowest BCUT2D eigenvalue weighted by Gasteiger charge is -2.20. The van der Waals surface area contributed by atoms with Crippen molar-refractivity contribution in [2.75, 3.05) is 0 Å². The average molecular weight is 313 g/mol. The molecule has 0 aromatic heterocycles. The van der Waals surface area contributed by atoms with E-state index in [9.17, 15) is 5.11 Å². The molecule has 100 valence electrons. The van der Waals surface area contributed by atoms with Crippen molar-refractivity contribution in [2.45, 2.75) is 57.7 Å². The predicted octanol–water partition coefficient (Wildman–Crippen LogP) is 4.60. The van der Waals surface area contributed by atoms with Gasteiger partial charge in [0, 0.05) is 10.0 Å². The highest BCUT2D eigenvalue weighted by Gasteiger charge is 2.17. The molecule has 1 aromatic rings. The van der Waals surface area contributed by atoms with Crippen LogP contribution >= 0.6 is 15.9 Å². The Morgan fingerprint density at radius 3 is 2.50 bits per heavy atom. The normalized spacial score (nSPS) is 19.3. The Bertz CT molecular complexity index is 382. The van der Waals surface area contributed by atoms with Crippen molar-refractivity contribution in [1.82, 2.24) is 0 Å². The number of benzene rings is 1. The van der Waals surface area contributed by atoms with Crippen LogP contribution in [0.3, 0.4) is 0 Å². The second kappa shape index (κ2) is 6.58. The molecule has 3 heteroatoms. The van der Waals surface area contributed by atoms with Crippen LogP contribution in [0.15, 0.2) is 22.7 Å². The summed E-state index contributed by atoms with van der Waals surface area (Å²) in [7, 11) is 0. The Labute approximate surface area is 117 Å². The smallest absolute Gasteiger partial charge is 0.125 e. The first-order chi connectivity index (χ1) is 8.66. The molecule has 0 radical (unpaired) electrons. The minimum Gasteiger partial charge on any atom is -0.490 e.